The van der Waals surface area contributed by atoms with Gasteiger partial charge in [0.2, 0.25) is 0 Å². The van der Waals surface area contributed by atoms with Crippen molar-refractivity contribution in [1.82, 2.24) is 4.57 Å². The summed E-state index contributed by atoms with van der Waals surface area (Å²) in [7, 11) is 0. The smallest absolute Gasteiger partial charge is 0.340 e. The number of carbonyl (C=O) groups excluding carboxylic acids is 1. The molecule has 7 nitrogen and oxygen atoms in total. The van der Waals surface area contributed by atoms with Crippen LogP contribution in [0.1, 0.15) is 33.3 Å². The van der Waals surface area contributed by atoms with Crippen LogP contribution in [0, 0.1) is 6.92 Å². The van der Waals surface area contributed by atoms with E-state index in [9.17, 15) is 14.7 Å². The molecule has 0 aliphatic rings. The van der Waals surface area contributed by atoms with Crippen LogP contribution in [0.2, 0.25) is 0 Å². The SMILES string of the molecule is CCOC(=O)c1cc(Nc2ccccc2)n(-c2ccc(C(=O)O)c(O)c2)c1C. The molecule has 0 saturated carbocycles. The monoisotopic (exact) mass is 380 g/mol. The molecule has 3 rings (SSSR count). The Hall–Kier alpha value is -3.74. The lowest BCUT2D eigenvalue weighted by molar-refractivity contribution is 0.0525. The van der Waals surface area contributed by atoms with Gasteiger partial charge in [-0.05, 0) is 44.2 Å². The maximum atomic E-state index is 12.3. The maximum Gasteiger partial charge on any atom is 0.340 e. The number of phenols is 1. The van der Waals surface area contributed by atoms with Gasteiger partial charge in [-0.25, -0.2) is 9.59 Å². The number of rotatable bonds is 6. The van der Waals surface area contributed by atoms with Gasteiger partial charge in [0.25, 0.3) is 0 Å². The van der Waals surface area contributed by atoms with Crippen LogP contribution in [0.25, 0.3) is 5.69 Å². The minimum Gasteiger partial charge on any atom is -0.507 e. The molecule has 0 unspecified atom stereocenters. The van der Waals surface area contributed by atoms with Crippen molar-refractivity contribution < 1.29 is 24.5 Å². The van der Waals surface area contributed by atoms with Crippen molar-refractivity contribution in [2.24, 2.45) is 0 Å². The van der Waals surface area contributed by atoms with Gasteiger partial charge >= 0.3 is 11.9 Å². The zero-order valence-electron chi connectivity index (χ0n) is 15.5. The first kappa shape index (κ1) is 19.0. The first-order valence-corrected chi connectivity index (χ1v) is 8.70. The lowest BCUT2D eigenvalue weighted by atomic mass is 10.1. The summed E-state index contributed by atoms with van der Waals surface area (Å²) >= 11 is 0. The van der Waals surface area contributed by atoms with E-state index in [-0.39, 0.29) is 17.9 Å². The molecule has 0 aliphatic carbocycles. The van der Waals surface area contributed by atoms with Crippen molar-refractivity contribution in [3.63, 3.8) is 0 Å². The molecular weight excluding hydrogens is 360 g/mol. The topological polar surface area (TPSA) is 101 Å². The second kappa shape index (κ2) is 7.87. The average Bonchev–Trinajstić information content (AvgIpc) is 2.98. The molecule has 0 saturated heterocycles. The lowest BCUT2D eigenvalue weighted by Crippen LogP contribution is -2.07. The number of benzene rings is 2. The highest BCUT2D eigenvalue weighted by molar-refractivity contribution is 5.93. The van der Waals surface area contributed by atoms with Crippen molar-refractivity contribution in [3.8, 4) is 11.4 Å². The van der Waals surface area contributed by atoms with E-state index in [4.69, 9.17) is 9.84 Å². The van der Waals surface area contributed by atoms with Gasteiger partial charge in [0, 0.05) is 17.4 Å². The summed E-state index contributed by atoms with van der Waals surface area (Å²) in [5.41, 5.74) is 2.09. The number of para-hydroxylation sites is 1. The number of carboxylic acid groups (broad SMARTS) is 1. The molecule has 0 atom stereocenters. The summed E-state index contributed by atoms with van der Waals surface area (Å²) in [5, 5.41) is 22.5. The van der Waals surface area contributed by atoms with Crippen LogP contribution < -0.4 is 5.32 Å². The molecule has 0 spiro atoms. The van der Waals surface area contributed by atoms with Crippen molar-refractivity contribution in [2.45, 2.75) is 13.8 Å². The lowest BCUT2D eigenvalue weighted by Gasteiger charge is -2.14. The number of esters is 1. The number of carboxylic acids is 1. The predicted octanol–water partition coefficient (Wildman–Crippen LogP) is 4.11. The van der Waals surface area contributed by atoms with Crippen LogP contribution >= 0.6 is 0 Å². The Balaban J connectivity index is 2.13. The van der Waals surface area contributed by atoms with Gasteiger partial charge in [0.05, 0.1) is 17.9 Å². The Kier molecular flexibility index (Phi) is 5.35. The molecule has 0 amide bonds. The van der Waals surface area contributed by atoms with Gasteiger partial charge in [0.1, 0.15) is 17.1 Å². The molecular formula is C21H20N2O5. The largest absolute Gasteiger partial charge is 0.507 e. The number of carbonyl (C=O) groups is 2. The number of aromatic carboxylic acids is 1. The Morgan fingerprint density at radius 2 is 1.79 bits per heavy atom. The van der Waals surface area contributed by atoms with Gasteiger partial charge in [-0.15, -0.1) is 0 Å². The Morgan fingerprint density at radius 3 is 2.39 bits per heavy atom. The number of aromatic nitrogens is 1. The number of aromatic hydroxyl groups is 1. The third-order valence-corrected chi connectivity index (χ3v) is 4.26. The first-order valence-electron chi connectivity index (χ1n) is 8.70. The average molecular weight is 380 g/mol. The van der Waals surface area contributed by atoms with Gasteiger partial charge in [0.15, 0.2) is 0 Å². The van der Waals surface area contributed by atoms with Crippen molar-refractivity contribution in [1.29, 1.82) is 0 Å². The Morgan fingerprint density at radius 1 is 1.07 bits per heavy atom. The third kappa shape index (κ3) is 3.68. The summed E-state index contributed by atoms with van der Waals surface area (Å²) in [6.07, 6.45) is 0. The van der Waals surface area contributed by atoms with E-state index in [2.05, 4.69) is 5.32 Å². The molecule has 28 heavy (non-hydrogen) atoms. The highest BCUT2D eigenvalue weighted by Gasteiger charge is 2.21. The van der Waals surface area contributed by atoms with Crippen LogP contribution in [0.4, 0.5) is 11.5 Å². The molecule has 0 aliphatic heterocycles. The minimum absolute atomic E-state index is 0.197. The van der Waals surface area contributed by atoms with Crippen molar-refractivity contribution in [3.05, 3.63) is 71.4 Å². The molecule has 144 valence electrons. The quantitative estimate of drug-likeness (QED) is 0.557. The maximum absolute atomic E-state index is 12.3. The molecule has 3 aromatic rings. The number of hydrogen-bond acceptors (Lipinski definition) is 5. The number of hydrogen-bond donors (Lipinski definition) is 3. The van der Waals surface area contributed by atoms with Crippen LogP contribution in [-0.4, -0.2) is 33.3 Å². The zero-order valence-corrected chi connectivity index (χ0v) is 15.5. The highest BCUT2D eigenvalue weighted by atomic mass is 16.5. The molecule has 7 heteroatoms. The molecule has 0 bridgehead atoms. The Labute approximate surface area is 161 Å². The van der Waals surface area contributed by atoms with Gasteiger partial charge < -0.3 is 20.3 Å². The number of nitrogens with zero attached hydrogens (tertiary/aromatic N) is 1. The van der Waals surface area contributed by atoms with Gasteiger partial charge in [-0.2, -0.15) is 0 Å². The van der Waals surface area contributed by atoms with Crippen molar-refractivity contribution >= 4 is 23.4 Å². The third-order valence-electron chi connectivity index (χ3n) is 4.26. The number of nitrogens with one attached hydrogen (secondary N) is 1. The first-order chi connectivity index (χ1) is 13.4. The summed E-state index contributed by atoms with van der Waals surface area (Å²) in [4.78, 5) is 23.5. The fraction of sp³-hybridized carbons (Fsp3) is 0.143. The summed E-state index contributed by atoms with van der Waals surface area (Å²) in [5.74, 6) is -1.46. The highest BCUT2D eigenvalue weighted by Crippen LogP contribution is 2.30. The summed E-state index contributed by atoms with van der Waals surface area (Å²) in [6.45, 7) is 3.74. The molecule has 2 aromatic carbocycles. The minimum atomic E-state index is -1.22. The van der Waals surface area contributed by atoms with E-state index in [1.54, 1.807) is 30.5 Å². The van der Waals surface area contributed by atoms with Crippen LogP contribution in [-0.2, 0) is 4.74 Å². The van der Waals surface area contributed by atoms with E-state index in [1.807, 2.05) is 30.3 Å². The van der Waals surface area contributed by atoms with Crippen molar-refractivity contribution in [2.75, 3.05) is 11.9 Å². The molecule has 1 heterocycles. The molecule has 0 radical (unpaired) electrons. The number of ether oxygens (including phenoxy) is 1. The summed E-state index contributed by atoms with van der Waals surface area (Å²) < 4.78 is 6.86. The van der Waals surface area contributed by atoms with E-state index in [1.165, 1.54) is 12.1 Å². The Bertz CT molecular complexity index is 1020. The van der Waals surface area contributed by atoms with Crippen LogP contribution in [0.5, 0.6) is 5.75 Å². The fourth-order valence-corrected chi connectivity index (χ4v) is 2.96. The molecule has 1 aromatic heterocycles. The zero-order chi connectivity index (χ0) is 20.3. The van der Waals surface area contributed by atoms with E-state index < -0.39 is 11.9 Å². The van der Waals surface area contributed by atoms with E-state index >= 15 is 0 Å². The fourth-order valence-electron chi connectivity index (χ4n) is 2.96. The molecule has 0 fully saturated rings. The van der Waals surface area contributed by atoms with E-state index in [0.717, 1.165) is 5.69 Å². The van der Waals surface area contributed by atoms with E-state index in [0.29, 0.717) is 22.8 Å². The standard InChI is InChI=1S/C21H20N2O5/c1-3-28-21(27)17-12-19(22-14-7-5-4-6-8-14)23(13(17)2)15-9-10-16(20(25)26)18(24)11-15/h4-12,22,24H,3H2,1-2H3,(H,25,26). The normalized spacial score (nSPS) is 10.5. The van der Waals surface area contributed by atoms with Crippen LogP contribution in [0.15, 0.2) is 54.6 Å². The van der Waals surface area contributed by atoms with Gasteiger partial charge in [-0.1, -0.05) is 18.2 Å². The second-order valence-electron chi connectivity index (χ2n) is 6.08. The van der Waals surface area contributed by atoms with Crippen LogP contribution in [0.3, 0.4) is 0 Å². The number of anilines is 2. The summed E-state index contributed by atoms with van der Waals surface area (Å²) in [6, 6.07) is 15.3. The predicted molar refractivity (Wildman–Crippen MR) is 105 cm³/mol. The molecule has 3 N–H and O–H groups in total. The second-order valence-corrected chi connectivity index (χ2v) is 6.08. The van der Waals surface area contributed by atoms with Gasteiger partial charge in [-0.3, -0.25) is 4.57 Å².